The lowest BCUT2D eigenvalue weighted by Crippen LogP contribution is -2.19. The van der Waals surface area contributed by atoms with Gasteiger partial charge in [-0.3, -0.25) is 4.55 Å². The fourth-order valence-corrected chi connectivity index (χ4v) is 10.7. The second kappa shape index (κ2) is 17.9. The van der Waals surface area contributed by atoms with Crippen molar-refractivity contribution in [2.45, 2.75) is 151 Å². The molecule has 0 bridgehead atoms. The first-order valence-electron chi connectivity index (χ1n) is 19.9. The molecular weight excluding hydrogens is 645 g/mol. The lowest BCUT2D eigenvalue weighted by atomic mass is 9.72. The number of allylic oxidation sites excluding steroid dienone is 4. The Morgan fingerprint density at radius 3 is 1.98 bits per heavy atom. The van der Waals surface area contributed by atoms with Crippen LogP contribution in [0.25, 0.3) is 0 Å². The zero-order chi connectivity index (χ0) is 35.6. The molecule has 3 atom stereocenters. The molecule has 3 saturated carbocycles. The Kier molecular flexibility index (Phi) is 13.1. The van der Waals surface area contributed by atoms with E-state index in [1.807, 2.05) is 6.08 Å². The minimum absolute atomic E-state index is 0.208. The molecule has 3 aliphatic carbocycles. The van der Waals surface area contributed by atoms with Crippen LogP contribution in [0.1, 0.15) is 173 Å². The predicted molar refractivity (Wildman–Crippen MR) is 212 cm³/mol. The summed E-state index contributed by atoms with van der Waals surface area (Å²) in [6.45, 7) is 2.10. The third kappa shape index (κ3) is 9.74. The number of rotatable bonds is 12. The SMILES string of the molecule is C#C/C=C\C(=C/C)CC(CCc1ccccc1)c1cccc(C2CCCC(c3cc(C4CCCCC4)c(S(=O)(=O)O)c(C4CCCCC4)c3)C2)c1. The first-order chi connectivity index (χ1) is 24.8. The molecule has 270 valence electrons. The molecule has 3 aromatic carbocycles. The zero-order valence-electron chi connectivity index (χ0n) is 30.7. The number of aryl methyl sites for hydroxylation is 1. The molecule has 3 unspecified atom stereocenters. The maximum absolute atomic E-state index is 13.2. The van der Waals surface area contributed by atoms with Crippen molar-refractivity contribution in [3.63, 3.8) is 0 Å². The largest absolute Gasteiger partial charge is 0.295 e. The van der Waals surface area contributed by atoms with Crippen molar-refractivity contribution < 1.29 is 13.0 Å². The smallest absolute Gasteiger partial charge is 0.282 e. The Hall–Kier alpha value is -3.39. The van der Waals surface area contributed by atoms with Gasteiger partial charge in [-0.25, -0.2) is 0 Å². The second-order valence-electron chi connectivity index (χ2n) is 15.7. The summed E-state index contributed by atoms with van der Waals surface area (Å²) in [5.41, 5.74) is 8.61. The normalized spacial score (nSPS) is 21.8. The molecule has 0 aromatic heterocycles. The molecule has 3 fully saturated rings. The zero-order valence-corrected chi connectivity index (χ0v) is 31.6. The van der Waals surface area contributed by atoms with Crippen LogP contribution in [0.4, 0.5) is 0 Å². The van der Waals surface area contributed by atoms with Crippen LogP contribution in [-0.4, -0.2) is 13.0 Å². The molecule has 6 rings (SSSR count). The van der Waals surface area contributed by atoms with Crippen molar-refractivity contribution in [1.29, 1.82) is 0 Å². The van der Waals surface area contributed by atoms with Gasteiger partial charge in [0.15, 0.2) is 0 Å². The summed E-state index contributed by atoms with van der Waals surface area (Å²) in [6, 6.07) is 24.7. The van der Waals surface area contributed by atoms with Crippen LogP contribution in [0.3, 0.4) is 0 Å². The molecule has 0 aliphatic heterocycles. The van der Waals surface area contributed by atoms with Gasteiger partial charge in [0, 0.05) is 0 Å². The monoisotopic (exact) mass is 702 g/mol. The summed E-state index contributed by atoms with van der Waals surface area (Å²) >= 11 is 0. The van der Waals surface area contributed by atoms with Crippen LogP contribution in [0.15, 0.2) is 95.4 Å². The second-order valence-corrected chi connectivity index (χ2v) is 17.1. The quantitative estimate of drug-likeness (QED) is 0.116. The van der Waals surface area contributed by atoms with Gasteiger partial charge in [0.2, 0.25) is 0 Å². The van der Waals surface area contributed by atoms with E-state index in [9.17, 15) is 13.0 Å². The van der Waals surface area contributed by atoms with Crippen molar-refractivity contribution in [2.75, 3.05) is 0 Å². The van der Waals surface area contributed by atoms with Crippen LogP contribution < -0.4 is 0 Å². The molecule has 3 aliphatic rings. The minimum Gasteiger partial charge on any atom is -0.282 e. The predicted octanol–water partition coefficient (Wildman–Crippen LogP) is 12.7. The molecule has 1 N–H and O–H groups in total. The lowest BCUT2D eigenvalue weighted by molar-refractivity contribution is 0.389. The molecule has 0 heterocycles. The van der Waals surface area contributed by atoms with E-state index in [1.165, 1.54) is 47.1 Å². The standard InChI is InChI=1S/C47H58O3S/c1-3-5-17-35(4-2)30-43(29-28-36-18-9-6-10-19-36)41-26-15-24-39(31-41)40-25-16-27-42(32-40)44-33-45(37-20-11-7-12-21-37)47(51(48,49)50)46(34-44)38-22-13-8-14-23-38/h1,4-6,9-10,15,17-19,24,26,31,33-34,37-38,40,42-43H,7-8,11-14,16,20-23,25,27-30,32H2,2H3,(H,48,49,50)/b17-5-,35-4+. The molecule has 0 spiro atoms. The Labute approximate surface area is 308 Å². The van der Waals surface area contributed by atoms with Crippen molar-refractivity contribution in [2.24, 2.45) is 0 Å². The molecule has 3 nitrogen and oxygen atoms in total. The van der Waals surface area contributed by atoms with Crippen LogP contribution in [0.2, 0.25) is 0 Å². The Morgan fingerprint density at radius 2 is 1.39 bits per heavy atom. The van der Waals surface area contributed by atoms with E-state index in [1.54, 1.807) is 0 Å². The third-order valence-electron chi connectivity index (χ3n) is 12.4. The average molecular weight is 703 g/mol. The average Bonchev–Trinajstić information content (AvgIpc) is 3.18. The van der Waals surface area contributed by atoms with Crippen LogP contribution in [0, 0.1) is 12.3 Å². The van der Waals surface area contributed by atoms with Crippen molar-refractivity contribution in [3.8, 4) is 12.3 Å². The fourth-order valence-electron chi connectivity index (χ4n) is 9.62. The summed E-state index contributed by atoms with van der Waals surface area (Å²) in [4.78, 5) is 0.268. The van der Waals surface area contributed by atoms with E-state index in [-0.39, 0.29) is 16.7 Å². The van der Waals surface area contributed by atoms with E-state index in [0.717, 1.165) is 101 Å². The van der Waals surface area contributed by atoms with E-state index in [0.29, 0.717) is 17.8 Å². The number of benzene rings is 3. The molecule has 0 radical (unpaired) electrons. The summed E-state index contributed by atoms with van der Waals surface area (Å²) in [7, 11) is -4.33. The highest BCUT2D eigenvalue weighted by Crippen LogP contribution is 2.47. The maximum atomic E-state index is 13.2. The molecule has 3 aromatic rings. The maximum Gasteiger partial charge on any atom is 0.295 e. The Balaban J connectivity index is 1.31. The highest BCUT2D eigenvalue weighted by atomic mass is 32.2. The molecule has 4 heteroatoms. The van der Waals surface area contributed by atoms with E-state index in [4.69, 9.17) is 6.42 Å². The molecule has 0 amide bonds. The summed E-state index contributed by atoms with van der Waals surface area (Å²) in [5, 5.41) is 0. The van der Waals surface area contributed by atoms with Crippen LogP contribution in [0.5, 0.6) is 0 Å². The van der Waals surface area contributed by atoms with Gasteiger partial charge in [-0.05, 0) is 140 Å². The van der Waals surface area contributed by atoms with Crippen molar-refractivity contribution in [3.05, 3.63) is 124 Å². The highest BCUT2D eigenvalue weighted by molar-refractivity contribution is 7.86. The van der Waals surface area contributed by atoms with E-state index in [2.05, 4.69) is 91.7 Å². The lowest BCUT2D eigenvalue weighted by Gasteiger charge is -2.34. The van der Waals surface area contributed by atoms with Crippen LogP contribution >= 0.6 is 0 Å². The van der Waals surface area contributed by atoms with Crippen molar-refractivity contribution in [1.82, 2.24) is 0 Å². The van der Waals surface area contributed by atoms with Gasteiger partial charge >= 0.3 is 0 Å². The minimum atomic E-state index is -4.33. The Morgan fingerprint density at radius 1 is 0.784 bits per heavy atom. The number of hydrogen-bond acceptors (Lipinski definition) is 2. The summed E-state index contributed by atoms with van der Waals surface area (Å²) < 4.78 is 37.1. The number of terminal acetylenes is 1. The van der Waals surface area contributed by atoms with Gasteiger partial charge in [0.05, 0.1) is 0 Å². The van der Waals surface area contributed by atoms with Gasteiger partial charge in [0.25, 0.3) is 10.1 Å². The van der Waals surface area contributed by atoms with Gasteiger partial charge in [-0.1, -0.05) is 135 Å². The van der Waals surface area contributed by atoms with Gasteiger partial charge in [-0.15, -0.1) is 6.42 Å². The third-order valence-corrected chi connectivity index (χ3v) is 13.4. The van der Waals surface area contributed by atoms with E-state index < -0.39 is 10.1 Å². The Bertz CT molecular complexity index is 1760. The summed E-state index contributed by atoms with van der Waals surface area (Å²) in [5.74, 6) is 4.29. The number of hydrogen-bond donors (Lipinski definition) is 1. The summed E-state index contributed by atoms with van der Waals surface area (Å²) in [6.07, 6.45) is 30.2. The first kappa shape index (κ1) is 37.4. The molecule has 51 heavy (non-hydrogen) atoms. The molecular formula is C47H58O3S. The van der Waals surface area contributed by atoms with Gasteiger partial charge in [0.1, 0.15) is 4.90 Å². The van der Waals surface area contributed by atoms with Crippen LogP contribution in [-0.2, 0) is 16.5 Å². The topological polar surface area (TPSA) is 54.4 Å². The van der Waals surface area contributed by atoms with Crippen molar-refractivity contribution >= 4 is 10.1 Å². The molecule has 0 saturated heterocycles. The first-order valence-corrected chi connectivity index (χ1v) is 21.3. The fraction of sp³-hybridized carbons (Fsp3) is 0.489. The van der Waals surface area contributed by atoms with E-state index >= 15 is 0 Å². The highest BCUT2D eigenvalue weighted by Gasteiger charge is 2.33. The van der Waals surface area contributed by atoms with Gasteiger partial charge < -0.3 is 0 Å². The van der Waals surface area contributed by atoms with Gasteiger partial charge in [-0.2, -0.15) is 8.42 Å².